The Hall–Kier alpha value is -2.28. The number of carbonyl (C=O) groups is 1. The second kappa shape index (κ2) is 5.15. The Morgan fingerprint density at radius 1 is 1.63 bits per heavy atom. The van der Waals surface area contributed by atoms with Crippen LogP contribution in [0.1, 0.15) is 6.92 Å². The molecule has 7 heteroatoms. The molecule has 0 saturated carbocycles. The first-order valence-corrected chi connectivity index (χ1v) is 6.28. The summed E-state index contributed by atoms with van der Waals surface area (Å²) in [4.78, 5) is 25.9. The van der Waals surface area contributed by atoms with Crippen molar-refractivity contribution in [1.29, 1.82) is 0 Å². The number of hydrogen-bond acceptors (Lipinski definition) is 4. The molecule has 2 rings (SSSR count). The molecule has 0 aliphatic carbocycles. The SMILES string of the molecule is C=CCn1c(=NC(C)=O)sc2ccc([N+](=O)[O-])cc21. The van der Waals surface area contributed by atoms with Crippen molar-refractivity contribution in [2.45, 2.75) is 13.5 Å². The second-order valence-corrected chi connectivity index (χ2v) is 4.83. The average Bonchev–Trinajstić information content (AvgIpc) is 2.66. The van der Waals surface area contributed by atoms with Gasteiger partial charge < -0.3 is 4.57 Å². The zero-order valence-electron chi connectivity index (χ0n) is 10.2. The number of allylic oxidation sites excluding steroid dienone is 1. The minimum atomic E-state index is -0.447. The van der Waals surface area contributed by atoms with E-state index in [0.29, 0.717) is 16.9 Å². The van der Waals surface area contributed by atoms with Crippen LogP contribution in [0.15, 0.2) is 35.8 Å². The number of nitrogens with zero attached hydrogens (tertiary/aromatic N) is 3. The van der Waals surface area contributed by atoms with Crippen molar-refractivity contribution in [2.24, 2.45) is 4.99 Å². The zero-order chi connectivity index (χ0) is 14.0. The molecule has 1 aromatic heterocycles. The van der Waals surface area contributed by atoms with E-state index in [1.54, 1.807) is 16.7 Å². The number of benzene rings is 1. The van der Waals surface area contributed by atoms with Crippen LogP contribution in [0.5, 0.6) is 0 Å². The van der Waals surface area contributed by atoms with E-state index in [1.165, 1.54) is 30.4 Å². The molecule has 0 atom stereocenters. The van der Waals surface area contributed by atoms with Crippen LogP contribution in [0.25, 0.3) is 10.2 Å². The van der Waals surface area contributed by atoms with Crippen LogP contribution in [0.4, 0.5) is 5.69 Å². The topological polar surface area (TPSA) is 77.5 Å². The molecule has 98 valence electrons. The molecule has 6 nitrogen and oxygen atoms in total. The highest BCUT2D eigenvalue weighted by Gasteiger charge is 2.11. The molecule has 1 amide bonds. The smallest absolute Gasteiger partial charge is 0.271 e. The van der Waals surface area contributed by atoms with Gasteiger partial charge in [-0.3, -0.25) is 14.9 Å². The van der Waals surface area contributed by atoms with Crippen molar-refractivity contribution >= 4 is 33.1 Å². The number of amides is 1. The van der Waals surface area contributed by atoms with Gasteiger partial charge in [0.2, 0.25) is 5.91 Å². The summed E-state index contributed by atoms with van der Waals surface area (Å²) < 4.78 is 2.58. The monoisotopic (exact) mass is 277 g/mol. The quantitative estimate of drug-likeness (QED) is 0.490. The van der Waals surface area contributed by atoms with Crippen molar-refractivity contribution in [2.75, 3.05) is 0 Å². The summed E-state index contributed by atoms with van der Waals surface area (Å²) in [7, 11) is 0. The number of nitro benzene ring substituents is 1. The standard InChI is InChI=1S/C12H11N3O3S/c1-3-6-14-10-7-9(15(17)18)4-5-11(10)19-12(14)13-8(2)16/h3-5,7H,1,6H2,2H3. The minimum absolute atomic E-state index is 0.0116. The third-order valence-electron chi connectivity index (χ3n) is 2.44. The fourth-order valence-corrected chi connectivity index (χ4v) is 2.76. The maximum absolute atomic E-state index is 11.1. The van der Waals surface area contributed by atoms with Crippen LogP contribution in [-0.4, -0.2) is 15.4 Å². The average molecular weight is 277 g/mol. The van der Waals surface area contributed by atoms with Gasteiger partial charge in [0.15, 0.2) is 4.80 Å². The molecular weight excluding hydrogens is 266 g/mol. The molecule has 2 aromatic rings. The van der Waals surface area contributed by atoms with Crippen molar-refractivity contribution in [3.05, 3.63) is 45.8 Å². The van der Waals surface area contributed by atoms with E-state index in [0.717, 1.165) is 4.70 Å². The van der Waals surface area contributed by atoms with E-state index in [1.807, 2.05) is 0 Å². The van der Waals surface area contributed by atoms with E-state index in [9.17, 15) is 14.9 Å². The summed E-state index contributed by atoms with van der Waals surface area (Å²) in [6, 6.07) is 4.58. The Bertz CT molecular complexity index is 742. The van der Waals surface area contributed by atoms with Crippen LogP contribution in [0, 0.1) is 10.1 Å². The predicted octanol–water partition coefficient (Wildman–Crippen LogP) is 2.24. The summed E-state index contributed by atoms with van der Waals surface area (Å²) >= 11 is 1.32. The summed E-state index contributed by atoms with van der Waals surface area (Å²) in [5, 5.41) is 10.8. The lowest BCUT2D eigenvalue weighted by atomic mass is 10.3. The van der Waals surface area contributed by atoms with Gasteiger partial charge in [-0.2, -0.15) is 4.99 Å². The molecule has 0 saturated heterocycles. The maximum atomic E-state index is 11.1. The van der Waals surface area contributed by atoms with E-state index in [4.69, 9.17) is 0 Å². The number of carbonyl (C=O) groups excluding carboxylic acids is 1. The Labute approximate surface area is 112 Å². The van der Waals surface area contributed by atoms with Gasteiger partial charge in [0.1, 0.15) is 0 Å². The lowest BCUT2D eigenvalue weighted by molar-refractivity contribution is -0.384. The van der Waals surface area contributed by atoms with Gasteiger partial charge in [-0.15, -0.1) is 6.58 Å². The predicted molar refractivity (Wildman–Crippen MR) is 72.9 cm³/mol. The van der Waals surface area contributed by atoms with Gasteiger partial charge in [0, 0.05) is 25.6 Å². The summed E-state index contributed by atoms with van der Waals surface area (Å²) in [6.45, 7) is 5.45. The first-order valence-electron chi connectivity index (χ1n) is 5.47. The lowest BCUT2D eigenvalue weighted by Gasteiger charge is -2.00. The van der Waals surface area contributed by atoms with Gasteiger partial charge in [0.05, 0.1) is 15.1 Å². The molecule has 0 fully saturated rings. The number of thiazole rings is 1. The molecule has 1 aromatic carbocycles. The molecular formula is C12H11N3O3S. The zero-order valence-corrected chi connectivity index (χ0v) is 11.0. The normalized spacial score (nSPS) is 11.7. The van der Waals surface area contributed by atoms with Gasteiger partial charge in [-0.25, -0.2) is 0 Å². The van der Waals surface area contributed by atoms with Gasteiger partial charge in [0.25, 0.3) is 5.69 Å². The Kier molecular flexibility index (Phi) is 3.57. The maximum Gasteiger partial charge on any atom is 0.271 e. The Balaban J connectivity index is 2.78. The largest absolute Gasteiger partial charge is 0.312 e. The second-order valence-electron chi connectivity index (χ2n) is 3.82. The fourth-order valence-electron chi connectivity index (χ4n) is 1.70. The van der Waals surface area contributed by atoms with Crippen LogP contribution in [-0.2, 0) is 11.3 Å². The van der Waals surface area contributed by atoms with Crippen LogP contribution in [0.2, 0.25) is 0 Å². The van der Waals surface area contributed by atoms with Crippen molar-refractivity contribution in [1.82, 2.24) is 4.57 Å². The summed E-state index contributed by atoms with van der Waals surface area (Å²) in [5.41, 5.74) is 0.691. The number of nitro groups is 1. The summed E-state index contributed by atoms with van der Waals surface area (Å²) in [5.74, 6) is -0.307. The Morgan fingerprint density at radius 3 is 2.95 bits per heavy atom. The molecule has 19 heavy (non-hydrogen) atoms. The van der Waals surface area contributed by atoms with Crippen molar-refractivity contribution in [3.8, 4) is 0 Å². The highest BCUT2D eigenvalue weighted by Crippen LogP contribution is 2.23. The van der Waals surface area contributed by atoms with Gasteiger partial charge in [-0.1, -0.05) is 17.4 Å². The number of aromatic nitrogens is 1. The first-order chi connectivity index (χ1) is 9.02. The third kappa shape index (κ3) is 2.60. The van der Waals surface area contributed by atoms with Crippen LogP contribution in [0.3, 0.4) is 0 Å². The number of fused-ring (bicyclic) bond motifs is 1. The van der Waals surface area contributed by atoms with E-state index in [-0.39, 0.29) is 11.6 Å². The Morgan fingerprint density at radius 2 is 2.37 bits per heavy atom. The molecule has 0 bridgehead atoms. The number of non-ortho nitro benzene ring substituents is 1. The van der Waals surface area contributed by atoms with Crippen molar-refractivity contribution < 1.29 is 9.72 Å². The molecule has 0 unspecified atom stereocenters. The molecule has 0 aliphatic rings. The molecule has 0 aliphatic heterocycles. The van der Waals surface area contributed by atoms with E-state index < -0.39 is 4.92 Å². The van der Waals surface area contributed by atoms with E-state index >= 15 is 0 Å². The first kappa shape index (κ1) is 13.2. The molecule has 0 radical (unpaired) electrons. The lowest BCUT2D eigenvalue weighted by Crippen LogP contribution is -2.15. The summed E-state index contributed by atoms with van der Waals surface area (Å²) in [6.07, 6.45) is 1.66. The number of rotatable bonds is 3. The molecule has 1 heterocycles. The third-order valence-corrected chi connectivity index (χ3v) is 3.50. The van der Waals surface area contributed by atoms with Crippen molar-refractivity contribution in [3.63, 3.8) is 0 Å². The van der Waals surface area contributed by atoms with Gasteiger partial charge >= 0.3 is 0 Å². The minimum Gasteiger partial charge on any atom is -0.312 e. The molecule has 0 N–H and O–H groups in total. The van der Waals surface area contributed by atoms with E-state index in [2.05, 4.69) is 11.6 Å². The number of hydrogen-bond donors (Lipinski definition) is 0. The fraction of sp³-hybridized carbons (Fsp3) is 0.167. The highest BCUT2D eigenvalue weighted by molar-refractivity contribution is 7.16. The molecule has 0 spiro atoms. The van der Waals surface area contributed by atoms with Crippen LogP contribution < -0.4 is 4.80 Å². The van der Waals surface area contributed by atoms with Crippen LogP contribution >= 0.6 is 11.3 Å². The van der Waals surface area contributed by atoms with Gasteiger partial charge in [-0.05, 0) is 6.07 Å². The highest BCUT2D eigenvalue weighted by atomic mass is 32.1.